The van der Waals surface area contributed by atoms with E-state index in [0.717, 1.165) is 49.4 Å². The molecule has 2 aromatic heterocycles. The monoisotopic (exact) mass is 472 g/mol. The average molecular weight is 472 g/mol. The summed E-state index contributed by atoms with van der Waals surface area (Å²) in [6.45, 7) is 3.24. The molecule has 0 atom stereocenters. The molecule has 172 valence electrons. The number of pyridine rings is 1. The number of anilines is 3. The summed E-state index contributed by atoms with van der Waals surface area (Å²) in [4.78, 5) is 35.5. The molecule has 1 saturated heterocycles. The van der Waals surface area contributed by atoms with Crippen LogP contribution in [0.1, 0.15) is 21.7 Å². The van der Waals surface area contributed by atoms with Crippen molar-refractivity contribution in [3.63, 3.8) is 0 Å². The molecule has 8 nitrogen and oxygen atoms in total. The highest BCUT2D eigenvalue weighted by atomic mass is 32.1. The Kier molecular flexibility index (Phi) is 6.49. The molecule has 4 N–H and O–H groups in total. The topological polar surface area (TPSA) is 109 Å². The fourth-order valence-corrected chi connectivity index (χ4v) is 5.27. The van der Waals surface area contributed by atoms with E-state index in [9.17, 15) is 9.59 Å². The zero-order valence-corrected chi connectivity index (χ0v) is 20.1. The second-order valence-electron chi connectivity index (χ2n) is 8.66. The Morgan fingerprint density at radius 2 is 1.71 bits per heavy atom. The van der Waals surface area contributed by atoms with Crippen molar-refractivity contribution in [1.29, 1.82) is 0 Å². The summed E-state index contributed by atoms with van der Waals surface area (Å²) < 4.78 is 0. The Hall–Kier alpha value is -3.20. The number of nitrogens with zero attached hydrogens (tertiary/aromatic N) is 4. The minimum Gasteiger partial charge on any atom is -0.397 e. The van der Waals surface area contributed by atoms with Gasteiger partial charge in [-0.1, -0.05) is 12.1 Å². The lowest BCUT2D eigenvalue weighted by Crippen LogP contribution is -2.44. The summed E-state index contributed by atoms with van der Waals surface area (Å²) in [5, 5.41) is -0.791. The van der Waals surface area contributed by atoms with Crippen molar-refractivity contribution >= 4 is 66.1 Å². The van der Waals surface area contributed by atoms with Crippen molar-refractivity contribution in [1.82, 2.24) is 9.88 Å². The average Bonchev–Trinajstić information content (AvgIpc) is 2.99. The first kappa shape index (κ1) is 23.9. The van der Waals surface area contributed by atoms with Crippen molar-refractivity contribution in [3.8, 4) is 0 Å². The molecule has 0 saturated carbocycles. The number of rotatable bonds is 5. The van der Waals surface area contributed by atoms with Crippen LogP contribution in [-0.2, 0) is 10.0 Å². The highest BCUT2D eigenvalue weighted by Gasteiger charge is 2.30. The maximum Gasteiger partial charge on any atom is 0.260 e. The van der Waals surface area contributed by atoms with Crippen molar-refractivity contribution < 1.29 is 9.59 Å². The second-order valence-corrected chi connectivity index (χ2v) is 9.66. The second kappa shape index (κ2) is 9.21. The molecule has 1 aliphatic rings. The van der Waals surface area contributed by atoms with E-state index in [1.165, 1.54) is 16.2 Å². The number of hydrogen-bond donors (Lipinski definition) is 2. The Labute approximate surface area is 205 Å². The number of hydrogen-bond acceptors (Lipinski definition) is 7. The molecule has 1 aliphatic heterocycles. The number of amides is 2. The number of likely N-dealkylation sites (N-methyl/N-ethyl adjacent to an activating group) is 1. The van der Waals surface area contributed by atoms with Crippen LogP contribution in [-0.4, -0.2) is 77.7 Å². The molecule has 0 spiro atoms. The standard InChI is InChI=1S/C23H26B2N6O2S/c1-29(2)22(33)23(24,25)14-4-6-15(7-5-14)30-10-3-11-31(13-12-30)16-8-9-28-21-17(16)18(26)19(34-21)20(27)32/h4-9H,3,10-13,26H2,1-2H3,(H2,27,32). The Morgan fingerprint density at radius 3 is 2.35 bits per heavy atom. The summed E-state index contributed by atoms with van der Waals surface area (Å²) in [5.41, 5.74) is 14.7. The van der Waals surface area contributed by atoms with Crippen LogP contribution in [0.4, 0.5) is 17.1 Å². The quantitative estimate of drug-likeness (QED) is 0.542. The van der Waals surface area contributed by atoms with Gasteiger partial charge in [-0.25, -0.2) is 4.98 Å². The van der Waals surface area contributed by atoms with Crippen molar-refractivity contribution in [2.24, 2.45) is 5.73 Å². The van der Waals surface area contributed by atoms with Gasteiger partial charge in [-0.05, 0) is 35.4 Å². The van der Waals surface area contributed by atoms with Crippen LogP contribution in [0.2, 0.25) is 0 Å². The van der Waals surface area contributed by atoms with E-state index in [-0.39, 0.29) is 5.91 Å². The van der Waals surface area contributed by atoms with E-state index >= 15 is 0 Å². The maximum absolute atomic E-state index is 12.3. The molecule has 0 aliphatic carbocycles. The van der Waals surface area contributed by atoms with Gasteiger partial charge in [0.05, 0.1) is 32.5 Å². The Bertz CT molecular complexity index is 1230. The van der Waals surface area contributed by atoms with Gasteiger partial charge in [-0.2, -0.15) is 0 Å². The van der Waals surface area contributed by atoms with Gasteiger partial charge in [-0.15, -0.1) is 11.3 Å². The van der Waals surface area contributed by atoms with Crippen LogP contribution in [0.3, 0.4) is 0 Å². The smallest absolute Gasteiger partial charge is 0.260 e. The molecule has 1 aromatic carbocycles. The van der Waals surface area contributed by atoms with Crippen LogP contribution >= 0.6 is 11.3 Å². The summed E-state index contributed by atoms with van der Waals surface area (Å²) in [7, 11) is 15.5. The zero-order chi connectivity index (χ0) is 24.6. The molecule has 0 unspecified atom stereocenters. The lowest BCUT2D eigenvalue weighted by molar-refractivity contribution is -0.129. The molecule has 34 heavy (non-hydrogen) atoms. The van der Waals surface area contributed by atoms with Gasteiger partial charge >= 0.3 is 0 Å². The number of aromatic nitrogens is 1. The number of fused-ring (bicyclic) bond motifs is 1. The maximum atomic E-state index is 12.3. The summed E-state index contributed by atoms with van der Waals surface area (Å²) >= 11 is 1.22. The van der Waals surface area contributed by atoms with Gasteiger partial charge < -0.3 is 26.2 Å². The molecule has 0 bridgehead atoms. The van der Waals surface area contributed by atoms with Crippen molar-refractivity contribution in [2.75, 3.05) is 55.8 Å². The Morgan fingerprint density at radius 1 is 1.06 bits per heavy atom. The predicted molar refractivity (Wildman–Crippen MR) is 140 cm³/mol. The van der Waals surface area contributed by atoms with Gasteiger partial charge in [0.1, 0.15) is 9.71 Å². The molecule has 3 aromatic rings. The summed E-state index contributed by atoms with van der Waals surface area (Å²) in [6, 6.07) is 9.45. The number of nitrogens with two attached hydrogens (primary N) is 2. The third kappa shape index (κ3) is 4.32. The van der Waals surface area contributed by atoms with Crippen LogP contribution < -0.4 is 21.3 Å². The third-order valence-corrected chi connectivity index (χ3v) is 7.27. The third-order valence-electron chi connectivity index (χ3n) is 6.14. The fourth-order valence-electron chi connectivity index (χ4n) is 4.33. The van der Waals surface area contributed by atoms with Crippen LogP contribution in [0.15, 0.2) is 36.5 Å². The molecular formula is C23H26B2N6O2S. The minimum atomic E-state index is -1.57. The number of nitrogen functional groups attached to an aromatic ring is 1. The van der Waals surface area contributed by atoms with Crippen LogP contribution in [0.25, 0.3) is 10.2 Å². The first-order valence-electron chi connectivity index (χ1n) is 11.0. The number of thiophene rings is 1. The lowest BCUT2D eigenvalue weighted by Gasteiger charge is -2.30. The van der Waals surface area contributed by atoms with Crippen LogP contribution in [0.5, 0.6) is 0 Å². The van der Waals surface area contributed by atoms with E-state index in [0.29, 0.717) is 21.0 Å². The molecular weight excluding hydrogens is 446 g/mol. The van der Waals surface area contributed by atoms with E-state index in [4.69, 9.17) is 27.2 Å². The summed E-state index contributed by atoms with van der Waals surface area (Å²) in [6.07, 6.45) is 2.66. The molecule has 11 heteroatoms. The number of primary amides is 1. The van der Waals surface area contributed by atoms with Crippen molar-refractivity contribution in [3.05, 3.63) is 47.0 Å². The highest BCUT2D eigenvalue weighted by Crippen LogP contribution is 2.38. The molecule has 2 amide bonds. The lowest BCUT2D eigenvalue weighted by atomic mass is 9.50. The fraction of sp³-hybridized carbons (Fsp3) is 0.348. The molecule has 4 rings (SSSR count). The van der Waals surface area contributed by atoms with E-state index in [1.807, 2.05) is 30.3 Å². The van der Waals surface area contributed by atoms with E-state index in [1.54, 1.807) is 20.3 Å². The summed E-state index contributed by atoms with van der Waals surface area (Å²) in [5.74, 6) is -0.898. The van der Waals surface area contributed by atoms with Gasteiger partial charge in [0, 0.05) is 52.2 Å². The van der Waals surface area contributed by atoms with Crippen LogP contribution in [0, 0.1) is 0 Å². The first-order valence-corrected chi connectivity index (χ1v) is 11.8. The SMILES string of the molecule is [B]C([B])(C(=O)N(C)C)c1ccc(N2CCCN(c3ccnc4sc(C(N)=O)c(N)c34)CC2)cc1. The van der Waals surface area contributed by atoms with Gasteiger partial charge in [0.25, 0.3) is 5.91 Å². The number of benzene rings is 1. The van der Waals surface area contributed by atoms with Gasteiger partial charge in [-0.3, -0.25) is 9.59 Å². The molecule has 1 fully saturated rings. The predicted octanol–water partition coefficient (Wildman–Crippen LogP) is 1.27. The highest BCUT2D eigenvalue weighted by molar-refractivity contribution is 7.21. The minimum absolute atomic E-state index is 0.343. The molecule has 3 heterocycles. The first-order chi connectivity index (χ1) is 16.1. The number of carbonyl (C=O) groups is 2. The van der Waals surface area contributed by atoms with Crippen molar-refractivity contribution in [2.45, 2.75) is 11.6 Å². The molecule has 4 radical (unpaired) electrons. The van der Waals surface area contributed by atoms with E-state index in [2.05, 4.69) is 14.8 Å². The van der Waals surface area contributed by atoms with Gasteiger partial charge in [0.15, 0.2) is 0 Å². The normalized spacial score (nSPS) is 14.8. The van der Waals surface area contributed by atoms with Gasteiger partial charge in [0.2, 0.25) is 5.91 Å². The van der Waals surface area contributed by atoms with E-state index < -0.39 is 11.1 Å². The number of carbonyl (C=O) groups excluding carboxylic acids is 2. The Balaban J connectivity index is 1.53. The largest absolute Gasteiger partial charge is 0.397 e. The zero-order valence-electron chi connectivity index (χ0n) is 19.3.